The summed E-state index contributed by atoms with van der Waals surface area (Å²) in [6, 6.07) is 22.4. The Balaban J connectivity index is 1.56. The molecule has 3 aromatic carbocycles. The molecule has 1 heterocycles. The van der Waals surface area contributed by atoms with Crippen molar-refractivity contribution in [1.82, 2.24) is 14.5 Å². The summed E-state index contributed by atoms with van der Waals surface area (Å²) in [6.45, 7) is 4.54. The Morgan fingerprint density at radius 3 is 2.32 bits per heavy atom. The second-order valence-corrected chi connectivity index (χ2v) is 13.2. The smallest absolute Gasteiger partial charge is 0.269 e. The Kier molecular flexibility index (Phi) is 9.99. The summed E-state index contributed by atoms with van der Waals surface area (Å²) in [5.74, 6) is -0.908. The molecule has 4 rings (SSSR count). The second kappa shape index (κ2) is 13.4. The SMILES string of the molecule is CC(C)CNC(=O)[C@@H](Cc1ccccc1)N(Cc1cccc(Br)c1)C(=O)CCCN1C(=O)c2ccccc2S1(=O)=O. The van der Waals surface area contributed by atoms with Gasteiger partial charge in [-0.15, -0.1) is 0 Å². The van der Waals surface area contributed by atoms with Crippen molar-refractivity contribution in [2.24, 2.45) is 5.92 Å². The van der Waals surface area contributed by atoms with Crippen LogP contribution >= 0.6 is 15.9 Å². The Labute approximate surface area is 249 Å². The van der Waals surface area contributed by atoms with E-state index in [0.717, 1.165) is 19.9 Å². The van der Waals surface area contributed by atoms with E-state index in [1.165, 1.54) is 12.1 Å². The molecule has 1 aliphatic heterocycles. The van der Waals surface area contributed by atoms with Gasteiger partial charge >= 0.3 is 0 Å². The van der Waals surface area contributed by atoms with Gasteiger partial charge in [-0.25, -0.2) is 12.7 Å². The first-order valence-corrected chi connectivity index (χ1v) is 15.8. The molecule has 3 aromatic rings. The van der Waals surface area contributed by atoms with Crippen LogP contribution in [0.25, 0.3) is 0 Å². The molecule has 1 N–H and O–H groups in total. The monoisotopic (exact) mass is 639 g/mol. The second-order valence-electron chi connectivity index (χ2n) is 10.5. The van der Waals surface area contributed by atoms with E-state index in [2.05, 4.69) is 21.2 Å². The lowest BCUT2D eigenvalue weighted by atomic mass is 10.0. The fraction of sp³-hybridized carbons (Fsp3) is 0.323. The van der Waals surface area contributed by atoms with Crippen molar-refractivity contribution in [3.8, 4) is 0 Å². The maximum atomic E-state index is 13.8. The normalized spacial score (nSPS) is 14.5. The Morgan fingerprint density at radius 2 is 1.63 bits per heavy atom. The van der Waals surface area contributed by atoms with Crippen LogP contribution in [0, 0.1) is 5.92 Å². The van der Waals surface area contributed by atoms with Gasteiger partial charge in [0.15, 0.2) is 0 Å². The number of carbonyl (C=O) groups excluding carboxylic acids is 3. The molecule has 0 aromatic heterocycles. The van der Waals surface area contributed by atoms with Crippen molar-refractivity contribution in [3.63, 3.8) is 0 Å². The molecule has 0 spiro atoms. The molecular weight excluding hydrogens is 606 g/mol. The number of hydrogen-bond donors (Lipinski definition) is 1. The van der Waals surface area contributed by atoms with Crippen LogP contribution in [0.2, 0.25) is 0 Å². The maximum absolute atomic E-state index is 13.8. The zero-order valence-corrected chi connectivity index (χ0v) is 25.5. The maximum Gasteiger partial charge on any atom is 0.269 e. The lowest BCUT2D eigenvalue weighted by Gasteiger charge is -2.32. The van der Waals surface area contributed by atoms with Crippen LogP contribution in [0.3, 0.4) is 0 Å². The van der Waals surface area contributed by atoms with Gasteiger partial charge in [-0.1, -0.05) is 84.4 Å². The van der Waals surface area contributed by atoms with Gasteiger partial charge in [-0.2, -0.15) is 0 Å². The van der Waals surface area contributed by atoms with Gasteiger partial charge < -0.3 is 10.2 Å². The molecule has 0 aliphatic carbocycles. The van der Waals surface area contributed by atoms with E-state index in [1.54, 1.807) is 17.0 Å². The van der Waals surface area contributed by atoms with E-state index in [9.17, 15) is 22.8 Å². The average molecular weight is 641 g/mol. The molecule has 0 saturated carbocycles. The van der Waals surface area contributed by atoms with Crippen LogP contribution in [0.15, 0.2) is 88.2 Å². The molecule has 0 bridgehead atoms. The van der Waals surface area contributed by atoms with E-state index < -0.39 is 22.0 Å². The summed E-state index contributed by atoms with van der Waals surface area (Å²) in [5, 5.41) is 2.99. The Morgan fingerprint density at radius 1 is 0.951 bits per heavy atom. The number of benzene rings is 3. The van der Waals surface area contributed by atoms with Gasteiger partial charge in [0.25, 0.3) is 15.9 Å². The minimum absolute atomic E-state index is 0.0163. The van der Waals surface area contributed by atoms with E-state index in [0.29, 0.717) is 13.0 Å². The summed E-state index contributed by atoms with van der Waals surface area (Å²) in [5.41, 5.74) is 1.89. The van der Waals surface area contributed by atoms with Crippen molar-refractivity contribution >= 4 is 43.7 Å². The van der Waals surface area contributed by atoms with Crippen LogP contribution in [0.4, 0.5) is 0 Å². The summed E-state index contributed by atoms with van der Waals surface area (Å²) in [7, 11) is -3.96. The van der Waals surface area contributed by atoms with Crippen LogP contribution in [0.1, 0.15) is 48.2 Å². The summed E-state index contributed by atoms with van der Waals surface area (Å²) in [4.78, 5) is 41.7. The number of halogens is 1. The lowest BCUT2D eigenvalue weighted by Crippen LogP contribution is -2.51. The highest BCUT2D eigenvalue weighted by Gasteiger charge is 2.40. The number of fused-ring (bicyclic) bond motifs is 1. The van der Waals surface area contributed by atoms with Gasteiger partial charge in [-0.3, -0.25) is 14.4 Å². The average Bonchev–Trinajstić information content (AvgIpc) is 3.14. The minimum Gasteiger partial charge on any atom is -0.354 e. The quantitative estimate of drug-likeness (QED) is 0.307. The third-order valence-electron chi connectivity index (χ3n) is 6.86. The zero-order valence-electron chi connectivity index (χ0n) is 23.1. The van der Waals surface area contributed by atoms with Gasteiger partial charge in [-0.05, 0) is 47.7 Å². The third kappa shape index (κ3) is 7.42. The molecule has 8 nitrogen and oxygen atoms in total. The first kappa shape index (κ1) is 30.5. The summed E-state index contributed by atoms with van der Waals surface area (Å²) in [6.07, 6.45) is 0.406. The third-order valence-corrected chi connectivity index (χ3v) is 9.20. The highest BCUT2D eigenvalue weighted by molar-refractivity contribution is 9.10. The van der Waals surface area contributed by atoms with Crippen molar-refractivity contribution in [2.45, 2.75) is 50.6 Å². The standard InChI is InChI=1S/C31H34BrN3O5S/c1-22(2)20-33-30(37)27(19-23-10-4-3-5-11-23)34(21-24-12-8-13-25(32)18-24)29(36)16-9-17-35-31(38)26-14-6-7-15-28(26)41(35,39)40/h3-8,10-15,18,22,27H,9,16-17,19-21H2,1-2H3,(H,33,37)/t27-/m1/s1. The first-order valence-electron chi connectivity index (χ1n) is 13.6. The molecule has 0 saturated heterocycles. The number of hydrogen-bond acceptors (Lipinski definition) is 5. The van der Waals surface area contributed by atoms with Crippen LogP contribution in [-0.4, -0.2) is 54.5 Å². The predicted octanol–water partition coefficient (Wildman–Crippen LogP) is 4.79. The highest BCUT2D eigenvalue weighted by Crippen LogP contribution is 2.30. The van der Waals surface area contributed by atoms with Crippen LogP contribution in [-0.2, 0) is 32.6 Å². The Bertz CT molecular complexity index is 1510. The molecule has 41 heavy (non-hydrogen) atoms. The van der Waals surface area contributed by atoms with Crippen molar-refractivity contribution in [1.29, 1.82) is 0 Å². The van der Waals surface area contributed by atoms with E-state index in [-0.39, 0.29) is 54.1 Å². The number of sulfonamides is 1. The predicted molar refractivity (Wildman–Crippen MR) is 160 cm³/mol. The van der Waals surface area contributed by atoms with Gasteiger partial charge in [0, 0.05) is 36.9 Å². The summed E-state index contributed by atoms with van der Waals surface area (Å²) < 4.78 is 27.6. The molecule has 0 unspecified atom stereocenters. The van der Waals surface area contributed by atoms with Gasteiger partial charge in [0.05, 0.1) is 5.56 Å². The summed E-state index contributed by atoms with van der Waals surface area (Å²) >= 11 is 3.48. The number of nitrogens with one attached hydrogen (secondary N) is 1. The molecule has 1 atom stereocenters. The first-order chi connectivity index (χ1) is 19.6. The molecule has 1 aliphatic rings. The highest BCUT2D eigenvalue weighted by atomic mass is 79.9. The molecular formula is C31H34BrN3O5S. The number of carbonyl (C=O) groups is 3. The number of rotatable bonds is 12. The van der Waals surface area contributed by atoms with E-state index >= 15 is 0 Å². The van der Waals surface area contributed by atoms with Gasteiger partial charge in [0.2, 0.25) is 11.8 Å². The molecule has 3 amide bonds. The topological polar surface area (TPSA) is 104 Å². The molecule has 216 valence electrons. The van der Waals surface area contributed by atoms with E-state index in [1.807, 2.05) is 68.4 Å². The molecule has 10 heteroatoms. The lowest BCUT2D eigenvalue weighted by molar-refractivity contribution is -0.141. The molecule has 0 radical (unpaired) electrons. The Hall–Kier alpha value is -3.50. The van der Waals surface area contributed by atoms with E-state index in [4.69, 9.17) is 0 Å². The largest absolute Gasteiger partial charge is 0.354 e. The fourth-order valence-corrected chi connectivity index (χ4v) is 6.83. The number of amides is 3. The van der Waals surface area contributed by atoms with Gasteiger partial charge in [0.1, 0.15) is 10.9 Å². The van der Waals surface area contributed by atoms with Crippen LogP contribution in [0.5, 0.6) is 0 Å². The van der Waals surface area contributed by atoms with Crippen molar-refractivity contribution in [3.05, 3.63) is 100 Å². The van der Waals surface area contributed by atoms with Crippen LogP contribution < -0.4 is 5.32 Å². The fourth-order valence-electron chi connectivity index (χ4n) is 4.78. The zero-order chi connectivity index (χ0) is 29.6. The van der Waals surface area contributed by atoms with Crippen molar-refractivity contribution in [2.75, 3.05) is 13.1 Å². The molecule has 0 fully saturated rings. The number of nitrogens with zero attached hydrogens (tertiary/aromatic N) is 2. The van der Waals surface area contributed by atoms with Crippen molar-refractivity contribution < 1.29 is 22.8 Å². The minimum atomic E-state index is -3.96.